The predicted octanol–water partition coefficient (Wildman–Crippen LogP) is 3.52. The summed E-state index contributed by atoms with van der Waals surface area (Å²) in [5.41, 5.74) is 1.41. The predicted molar refractivity (Wildman–Crippen MR) is 76.0 cm³/mol. The number of carboxylic acids is 1. The van der Waals surface area contributed by atoms with E-state index < -0.39 is 5.97 Å². The van der Waals surface area contributed by atoms with E-state index in [0.29, 0.717) is 23.2 Å². The molecule has 1 saturated carbocycles. The lowest BCUT2D eigenvalue weighted by atomic mass is 9.87. The van der Waals surface area contributed by atoms with Gasteiger partial charge < -0.3 is 14.8 Å². The molecule has 1 aliphatic rings. The zero-order valence-corrected chi connectivity index (χ0v) is 11.4. The lowest BCUT2D eigenvalue weighted by Crippen LogP contribution is -2.25. The Hall–Kier alpha value is -2.04. The van der Waals surface area contributed by atoms with E-state index in [4.69, 9.17) is 9.52 Å². The van der Waals surface area contributed by atoms with Crippen molar-refractivity contribution in [2.24, 2.45) is 5.92 Å². The number of nitrogens with zero attached hydrogens (tertiary/aromatic N) is 1. The molecule has 1 aliphatic carbocycles. The number of carboxylic acid groups (broad SMARTS) is 1. The van der Waals surface area contributed by atoms with Crippen LogP contribution in [-0.4, -0.2) is 22.1 Å². The molecule has 0 saturated heterocycles. The van der Waals surface area contributed by atoms with Gasteiger partial charge in [0.2, 0.25) is 0 Å². The Morgan fingerprint density at radius 2 is 2.10 bits per heavy atom. The Morgan fingerprint density at radius 3 is 2.80 bits per heavy atom. The molecule has 106 valence electrons. The first-order valence-corrected chi connectivity index (χ1v) is 7.02. The first-order chi connectivity index (χ1) is 9.61. The van der Waals surface area contributed by atoms with Gasteiger partial charge in [-0.1, -0.05) is 6.92 Å². The number of aromatic carboxylic acids is 1. The van der Waals surface area contributed by atoms with Crippen molar-refractivity contribution in [1.82, 2.24) is 4.98 Å². The van der Waals surface area contributed by atoms with Crippen molar-refractivity contribution >= 4 is 23.1 Å². The highest BCUT2D eigenvalue weighted by molar-refractivity contribution is 5.92. The standard InChI is InChI=1S/C15H18N2O3/c1-9-2-5-11(6-3-9)16-15-17-12-7-4-10(14(18)19)8-13(12)20-15/h4,7-9,11H,2-3,5-6H2,1H3,(H,16,17)(H,18,19). The van der Waals surface area contributed by atoms with Gasteiger partial charge in [0.25, 0.3) is 6.01 Å². The SMILES string of the molecule is CC1CCC(Nc2nc3ccc(C(=O)O)cc3o2)CC1. The van der Waals surface area contributed by atoms with E-state index in [2.05, 4.69) is 17.2 Å². The van der Waals surface area contributed by atoms with Crippen LogP contribution in [0, 0.1) is 5.92 Å². The van der Waals surface area contributed by atoms with Gasteiger partial charge in [-0.2, -0.15) is 4.98 Å². The molecule has 0 radical (unpaired) electrons. The molecule has 2 N–H and O–H groups in total. The van der Waals surface area contributed by atoms with E-state index in [0.717, 1.165) is 18.8 Å². The fourth-order valence-corrected chi connectivity index (χ4v) is 2.70. The molecule has 1 heterocycles. The number of anilines is 1. The topological polar surface area (TPSA) is 75.4 Å². The Labute approximate surface area is 117 Å². The minimum Gasteiger partial charge on any atom is -0.478 e. The maximum atomic E-state index is 10.9. The fourth-order valence-electron chi connectivity index (χ4n) is 2.70. The van der Waals surface area contributed by atoms with Crippen LogP contribution in [0.5, 0.6) is 0 Å². The second-order valence-corrected chi connectivity index (χ2v) is 5.61. The summed E-state index contributed by atoms with van der Waals surface area (Å²) in [5, 5.41) is 12.3. The van der Waals surface area contributed by atoms with E-state index >= 15 is 0 Å². The molecule has 0 aliphatic heterocycles. The number of carbonyl (C=O) groups is 1. The van der Waals surface area contributed by atoms with Gasteiger partial charge in [0, 0.05) is 6.04 Å². The summed E-state index contributed by atoms with van der Waals surface area (Å²) < 4.78 is 5.60. The summed E-state index contributed by atoms with van der Waals surface area (Å²) in [6.07, 6.45) is 4.70. The van der Waals surface area contributed by atoms with Crippen molar-refractivity contribution in [2.45, 2.75) is 38.6 Å². The third-order valence-electron chi connectivity index (χ3n) is 3.98. The van der Waals surface area contributed by atoms with Crippen molar-refractivity contribution in [3.63, 3.8) is 0 Å². The van der Waals surface area contributed by atoms with Gasteiger partial charge in [0.15, 0.2) is 5.58 Å². The highest BCUT2D eigenvalue weighted by Gasteiger charge is 2.19. The Morgan fingerprint density at radius 1 is 1.35 bits per heavy atom. The summed E-state index contributed by atoms with van der Waals surface area (Å²) >= 11 is 0. The average Bonchev–Trinajstić information content (AvgIpc) is 2.82. The van der Waals surface area contributed by atoms with Gasteiger partial charge in [-0.15, -0.1) is 0 Å². The average molecular weight is 274 g/mol. The second kappa shape index (κ2) is 5.15. The summed E-state index contributed by atoms with van der Waals surface area (Å²) in [5.74, 6) is -0.158. The highest BCUT2D eigenvalue weighted by atomic mass is 16.4. The van der Waals surface area contributed by atoms with Gasteiger partial charge in [0.1, 0.15) is 5.52 Å². The molecular formula is C15H18N2O3. The molecule has 0 bridgehead atoms. The zero-order chi connectivity index (χ0) is 14.1. The number of aromatic nitrogens is 1. The normalized spacial score (nSPS) is 22.9. The molecule has 0 spiro atoms. The third-order valence-corrected chi connectivity index (χ3v) is 3.98. The van der Waals surface area contributed by atoms with Crippen LogP contribution in [0.3, 0.4) is 0 Å². The molecule has 0 amide bonds. The molecule has 1 fully saturated rings. The lowest BCUT2D eigenvalue weighted by Gasteiger charge is -2.26. The van der Waals surface area contributed by atoms with Crippen molar-refractivity contribution in [3.05, 3.63) is 23.8 Å². The summed E-state index contributed by atoms with van der Waals surface area (Å²) in [6.45, 7) is 2.28. The molecule has 3 rings (SSSR count). The first kappa shape index (κ1) is 13.0. The highest BCUT2D eigenvalue weighted by Crippen LogP contribution is 2.27. The van der Waals surface area contributed by atoms with E-state index in [1.54, 1.807) is 12.1 Å². The smallest absolute Gasteiger partial charge is 0.335 e. The number of oxazole rings is 1. The van der Waals surface area contributed by atoms with Crippen LogP contribution in [0.4, 0.5) is 6.01 Å². The fraction of sp³-hybridized carbons (Fsp3) is 0.467. The molecule has 0 unspecified atom stereocenters. The molecule has 5 nitrogen and oxygen atoms in total. The lowest BCUT2D eigenvalue weighted by molar-refractivity contribution is 0.0697. The van der Waals surface area contributed by atoms with Crippen LogP contribution in [0.2, 0.25) is 0 Å². The number of rotatable bonds is 3. The van der Waals surface area contributed by atoms with Gasteiger partial charge in [0.05, 0.1) is 5.56 Å². The van der Waals surface area contributed by atoms with Crippen LogP contribution in [-0.2, 0) is 0 Å². The third kappa shape index (κ3) is 2.61. The minimum absolute atomic E-state index is 0.215. The minimum atomic E-state index is -0.959. The van der Waals surface area contributed by atoms with Crippen molar-refractivity contribution in [2.75, 3.05) is 5.32 Å². The van der Waals surface area contributed by atoms with E-state index in [-0.39, 0.29) is 5.56 Å². The summed E-state index contributed by atoms with van der Waals surface area (Å²) in [6, 6.07) is 5.62. The maximum absolute atomic E-state index is 10.9. The maximum Gasteiger partial charge on any atom is 0.335 e. The van der Waals surface area contributed by atoms with E-state index in [9.17, 15) is 4.79 Å². The zero-order valence-electron chi connectivity index (χ0n) is 11.4. The summed E-state index contributed by atoms with van der Waals surface area (Å²) in [4.78, 5) is 15.3. The van der Waals surface area contributed by atoms with Crippen LogP contribution >= 0.6 is 0 Å². The van der Waals surface area contributed by atoms with Gasteiger partial charge in [-0.3, -0.25) is 0 Å². The second-order valence-electron chi connectivity index (χ2n) is 5.61. The van der Waals surface area contributed by atoms with Crippen LogP contribution in [0.1, 0.15) is 43.0 Å². The molecule has 0 atom stereocenters. The van der Waals surface area contributed by atoms with Gasteiger partial charge in [-0.05, 0) is 49.8 Å². The molecule has 2 aromatic rings. The molecule has 20 heavy (non-hydrogen) atoms. The van der Waals surface area contributed by atoms with E-state index in [1.165, 1.54) is 18.9 Å². The number of hydrogen-bond donors (Lipinski definition) is 2. The van der Waals surface area contributed by atoms with E-state index in [1.807, 2.05) is 0 Å². The van der Waals surface area contributed by atoms with Crippen molar-refractivity contribution in [3.8, 4) is 0 Å². The number of hydrogen-bond acceptors (Lipinski definition) is 4. The Kier molecular flexibility index (Phi) is 3.34. The molecule has 1 aromatic carbocycles. The quantitative estimate of drug-likeness (QED) is 0.895. The first-order valence-electron chi connectivity index (χ1n) is 7.02. The molecule has 5 heteroatoms. The van der Waals surface area contributed by atoms with Gasteiger partial charge >= 0.3 is 5.97 Å². The number of nitrogens with one attached hydrogen (secondary N) is 1. The number of fused-ring (bicyclic) bond motifs is 1. The largest absolute Gasteiger partial charge is 0.478 e. The Bertz CT molecular complexity index is 627. The number of benzene rings is 1. The summed E-state index contributed by atoms with van der Waals surface area (Å²) in [7, 11) is 0. The molecule has 1 aromatic heterocycles. The molecular weight excluding hydrogens is 256 g/mol. The monoisotopic (exact) mass is 274 g/mol. The van der Waals surface area contributed by atoms with Gasteiger partial charge in [-0.25, -0.2) is 4.79 Å². The van der Waals surface area contributed by atoms with Crippen LogP contribution < -0.4 is 5.32 Å². The Balaban J connectivity index is 1.77. The van der Waals surface area contributed by atoms with Crippen molar-refractivity contribution < 1.29 is 14.3 Å². The van der Waals surface area contributed by atoms with Crippen LogP contribution in [0.15, 0.2) is 22.6 Å². The van der Waals surface area contributed by atoms with Crippen molar-refractivity contribution in [1.29, 1.82) is 0 Å². The van der Waals surface area contributed by atoms with Crippen LogP contribution in [0.25, 0.3) is 11.1 Å².